The topological polar surface area (TPSA) is 51.1 Å². The Hall–Kier alpha value is -1.88. The van der Waals surface area contributed by atoms with Crippen LogP contribution in [0.1, 0.15) is 30.1 Å². The van der Waals surface area contributed by atoms with Crippen LogP contribution in [0, 0.1) is 0 Å². The first-order valence-electron chi connectivity index (χ1n) is 6.83. The maximum Gasteiger partial charge on any atom is 0.244 e. The number of nitrogens with one attached hydrogen (secondary N) is 1. The first kappa shape index (κ1) is 15.5. The summed E-state index contributed by atoms with van der Waals surface area (Å²) in [6.45, 7) is 2.15. The summed E-state index contributed by atoms with van der Waals surface area (Å²) >= 11 is 3.38. The summed E-state index contributed by atoms with van der Waals surface area (Å²) < 4.78 is 2.55. The number of carbonyl (C=O) groups excluding carboxylic acids is 2. The second-order valence-corrected chi connectivity index (χ2v) is 5.63. The second-order valence-electron chi connectivity index (χ2n) is 4.77. The molecule has 1 aromatic heterocycles. The molecule has 0 unspecified atom stereocenters. The van der Waals surface area contributed by atoms with Gasteiger partial charge in [-0.3, -0.25) is 9.59 Å². The molecule has 1 N–H and O–H groups in total. The zero-order chi connectivity index (χ0) is 15.2. The molecular weight excluding hydrogens is 332 g/mol. The van der Waals surface area contributed by atoms with Crippen LogP contribution in [0.5, 0.6) is 0 Å². The van der Waals surface area contributed by atoms with E-state index < -0.39 is 0 Å². The molecule has 1 amide bonds. The molecule has 0 atom stereocenters. The highest BCUT2D eigenvalue weighted by Crippen LogP contribution is 2.21. The molecule has 0 fully saturated rings. The van der Waals surface area contributed by atoms with Crippen molar-refractivity contribution in [2.75, 3.05) is 5.32 Å². The summed E-state index contributed by atoms with van der Waals surface area (Å²) in [6.07, 6.45) is 4.83. The van der Waals surface area contributed by atoms with Crippen LogP contribution in [0.3, 0.4) is 0 Å². The first-order chi connectivity index (χ1) is 10.1. The maximum absolute atomic E-state index is 12.0. The van der Waals surface area contributed by atoms with E-state index in [1.807, 2.05) is 31.2 Å². The first-order valence-corrected chi connectivity index (χ1v) is 7.63. The molecule has 0 bridgehead atoms. The number of hydrogen-bond acceptors (Lipinski definition) is 2. The van der Waals surface area contributed by atoms with E-state index in [2.05, 4.69) is 21.2 Å². The number of Topliss-reactive ketones (excluding diaryl/α,β-unsaturated/α-hetero) is 1. The van der Waals surface area contributed by atoms with Crippen molar-refractivity contribution >= 4 is 33.3 Å². The van der Waals surface area contributed by atoms with Crippen LogP contribution in [0.25, 0.3) is 0 Å². The third-order valence-corrected chi connectivity index (χ3v) is 3.72. The van der Waals surface area contributed by atoms with E-state index in [1.54, 1.807) is 23.0 Å². The highest BCUT2D eigenvalue weighted by Gasteiger charge is 2.09. The van der Waals surface area contributed by atoms with E-state index in [4.69, 9.17) is 0 Å². The second kappa shape index (κ2) is 7.22. The summed E-state index contributed by atoms with van der Waals surface area (Å²) in [5, 5.41) is 2.83. The van der Waals surface area contributed by atoms with Crippen LogP contribution in [-0.4, -0.2) is 16.3 Å². The van der Waals surface area contributed by atoms with E-state index in [9.17, 15) is 9.59 Å². The van der Waals surface area contributed by atoms with Crippen molar-refractivity contribution in [3.63, 3.8) is 0 Å². The molecule has 4 nitrogen and oxygen atoms in total. The van der Waals surface area contributed by atoms with Crippen molar-refractivity contribution in [3.05, 3.63) is 52.8 Å². The lowest BCUT2D eigenvalue weighted by atomic mass is 10.1. The fourth-order valence-electron chi connectivity index (χ4n) is 1.99. The molecule has 2 aromatic rings. The monoisotopic (exact) mass is 348 g/mol. The molecule has 0 aliphatic rings. The van der Waals surface area contributed by atoms with Gasteiger partial charge in [0.2, 0.25) is 5.91 Å². The Balaban J connectivity index is 1.97. The molecule has 0 spiro atoms. The third kappa shape index (κ3) is 4.29. The van der Waals surface area contributed by atoms with Crippen molar-refractivity contribution in [1.29, 1.82) is 0 Å². The van der Waals surface area contributed by atoms with Gasteiger partial charge in [0.25, 0.3) is 0 Å². The molecule has 2 rings (SSSR count). The molecule has 5 heteroatoms. The smallest absolute Gasteiger partial charge is 0.244 e. The highest BCUT2D eigenvalue weighted by atomic mass is 79.9. The summed E-state index contributed by atoms with van der Waals surface area (Å²) in [7, 11) is 0. The molecule has 0 aliphatic carbocycles. The summed E-state index contributed by atoms with van der Waals surface area (Å²) in [6, 6.07) is 9.19. The Morgan fingerprint density at radius 1 is 1.24 bits per heavy atom. The van der Waals surface area contributed by atoms with E-state index in [1.165, 1.54) is 0 Å². The summed E-state index contributed by atoms with van der Waals surface area (Å²) in [4.78, 5) is 23.8. The number of benzene rings is 1. The highest BCUT2D eigenvalue weighted by molar-refractivity contribution is 9.10. The Morgan fingerprint density at radius 2 is 2.00 bits per heavy atom. The molecule has 1 heterocycles. The van der Waals surface area contributed by atoms with Crippen molar-refractivity contribution in [3.8, 4) is 0 Å². The van der Waals surface area contributed by atoms with Gasteiger partial charge < -0.3 is 9.88 Å². The maximum atomic E-state index is 12.0. The number of aromatic nitrogens is 1. The van der Waals surface area contributed by atoms with E-state index in [-0.39, 0.29) is 18.2 Å². The lowest BCUT2D eigenvalue weighted by Gasteiger charge is -2.07. The van der Waals surface area contributed by atoms with Crippen LogP contribution in [-0.2, 0) is 11.3 Å². The van der Waals surface area contributed by atoms with Crippen molar-refractivity contribution < 1.29 is 9.59 Å². The minimum atomic E-state index is -0.132. The molecule has 0 saturated carbocycles. The van der Waals surface area contributed by atoms with Gasteiger partial charge in [-0.15, -0.1) is 0 Å². The molecule has 110 valence electrons. The largest absolute Gasteiger partial charge is 0.344 e. The van der Waals surface area contributed by atoms with Crippen LogP contribution in [0.2, 0.25) is 0 Å². The standard InChI is InChI=1S/C16H17BrN2O2/c1-2-5-15(20)12-8-9-19(10-12)11-16(21)18-14-7-4-3-6-13(14)17/h3-4,6-10H,2,5,11H2,1H3,(H,18,21). The molecule has 1 aromatic carbocycles. The van der Waals surface area contributed by atoms with Crippen molar-refractivity contribution in [2.24, 2.45) is 0 Å². The van der Waals surface area contributed by atoms with Gasteiger partial charge in [-0.1, -0.05) is 19.1 Å². The zero-order valence-corrected chi connectivity index (χ0v) is 13.4. The van der Waals surface area contributed by atoms with Gasteiger partial charge >= 0.3 is 0 Å². The molecule has 21 heavy (non-hydrogen) atoms. The SMILES string of the molecule is CCCC(=O)c1ccn(CC(=O)Nc2ccccc2Br)c1. The van der Waals surface area contributed by atoms with Gasteiger partial charge in [0, 0.05) is 28.9 Å². The number of anilines is 1. The lowest BCUT2D eigenvalue weighted by Crippen LogP contribution is -2.18. The van der Waals surface area contributed by atoms with Gasteiger partial charge in [0.05, 0.1) is 5.69 Å². The number of halogens is 1. The number of rotatable bonds is 6. The normalized spacial score (nSPS) is 10.4. The van der Waals surface area contributed by atoms with Crippen molar-refractivity contribution in [1.82, 2.24) is 4.57 Å². The van der Waals surface area contributed by atoms with E-state index >= 15 is 0 Å². The minimum absolute atomic E-state index is 0.113. The molecular formula is C16H17BrN2O2. The summed E-state index contributed by atoms with van der Waals surface area (Å²) in [5.41, 5.74) is 1.39. The molecule has 0 saturated heterocycles. The van der Waals surface area contributed by atoms with Crippen LogP contribution in [0.15, 0.2) is 47.2 Å². The molecule has 0 radical (unpaired) electrons. The van der Waals surface area contributed by atoms with Gasteiger partial charge in [-0.2, -0.15) is 0 Å². The van der Waals surface area contributed by atoms with E-state index in [0.29, 0.717) is 12.0 Å². The number of amides is 1. The van der Waals surface area contributed by atoms with Gasteiger partial charge in [-0.05, 0) is 40.5 Å². The van der Waals surface area contributed by atoms with Crippen LogP contribution in [0.4, 0.5) is 5.69 Å². The van der Waals surface area contributed by atoms with Crippen LogP contribution < -0.4 is 5.32 Å². The Morgan fingerprint density at radius 3 is 2.71 bits per heavy atom. The van der Waals surface area contributed by atoms with Crippen molar-refractivity contribution in [2.45, 2.75) is 26.3 Å². The number of ketones is 1. The third-order valence-electron chi connectivity index (χ3n) is 3.02. The average molecular weight is 349 g/mol. The van der Waals surface area contributed by atoms with Gasteiger partial charge in [-0.25, -0.2) is 0 Å². The predicted octanol–water partition coefficient (Wildman–Crippen LogP) is 3.87. The molecule has 0 aliphatic heterocycles. The fraction of sp³-hybridized carbons (Fsp3) is 0.250. The zero-order valence-electron chi connectivity index (χ0n) is 11.8. The minimum Gasteiger partial charge on any atom is -0.344 e. The van der Waals surface area contributed by atoms with E-state index in [0.717, 1.165) is 16.6 Å². The summed E-state index contributed by atoms with van der Waals surface area (Å²) in [5.74, 6) is -0.0190. The Labute approximate surface area is 132 Å². The number of para-hydroxylation sites is 1. The number of nitrogens with zero attached hydrogens (tertiary/aromatic N) is 1. The Kier molecular flexibility index (Phi) is 5.33. The quantitative estimate of drug-likeness (QED) is 0.805. The van der Waals surface area contributed by atoms with Gasteiger partial charge in [0.1, 0.15) is 6.54 Å². The predicted molar refractivity (Wildman–Crippen MR) is 86.4 cm³/mol. The lowest BCUT2D eigenvalue weighted by molar-refractivity contribution is -0.116. The Bertz CT molecular complexity index is 649. The fourth-order valence-corrected chi connectivity index (χ4v) is 2.38. The average Bonchev–Trinajstić information content (AvgIpc) is 2.90. The van der Waals surface area contributed by atoms with Crippen LogP contribution >= 0.6 is 15.9 Å². The number of carbonyl (C=O) groups is 2. The number of hydrogen-bond donors (Lipinski definition) is 1. The van der Waals surface area contributed by atoms with Gasteiger partial charge in [0.15, 0.2) is 5.78 Å².